The standard InChI is InChI=1S/C17H20O5S/c1-13-7-9-16(10-8-13)23(19,20)22-12-15(18)11-21-17-6-4-3-5-14(17)2/h3-10,15,18H,11-12H2,1-2H3. The van der Waals surface area contributed by atoms with Gasteiger partial charge in [0.1, 0.15) is 18.5 Å². The first-order valence-corrected chi connectivity index (χ1v) is 8.62. The number of hydrogen-bond acceptors (Lipinski definition) is 5. The van der Waals surface area contributed by atoms with Crippen molar-refractivity contribution in [2.24, 2.45) is 0 Å². The molecule has 0 amide bonds. The predicted molar refractivity (Wildman–Crippen MR) is 87.0 cm³/mol. The van der Waals surface area contributed by atoms with E-state index in [1.54, 1.807) is 18.2 Å². The van der Waals surface area contributed by atoms with E-state index >= 15 is 0 Å². The lowest BCUT2D eigenvalue weighted by Gasteiger charge is -2.14. The summed E-state index contributed by atoms with van der Waals surface area (Å²) in [6.45, 7) is 3.35. The monoisotopic (exact) mass is 336 g/mol. The van der Waals surface area contributed by atoms with Gasteiger partial charge in [0.25, 0.3) is 10.1 Å². The molecule has 0 heterocycles. The molecule has 124 valence electrons. The first-order chi connectivity index (χ1) is 10.9. The Labute approximate surface area is 136 Å². The molecule has 6 heteroatoms. The summed E-state index contributed by atoms with van der Waals surface area (Å²) in [5.41, 5.74) is 1.89. The van der Waals surface area contributed by atoms with E-state index < -0.39 is 16.2 Å². The molecule has 0 aromatic heterocycles. The van der Waals surface area contributed by atoms with Crippen molar-refractivity contribution >= 4 is 10.1 Å². The minimum Gasteiger partial charge on any atom is -0.491 e. The third kappa shape index (κ3) is 5.06. The summed E-state index contributed by atoms with van der Waals surface area (Å²) in [7, 11) is -3.88. The summed E-state index contributed by atoms with van der Waals surface area (Å²) in [6, 6.07) is 13.7. The summed E-state index contributed by atoms with van der Waals surface area (Å²) >= 11 is 0. The van der Waals surface area contributed by atoms with E-state index in [2.05, 4.69) is 0 Å². The van der Waals surface area contributed by atoms with Crippen LogP contribution < -0.4 is 4.74 Å². The Morgan fingerprint density at radius 2 is 1.65 bits per heavy atom. The molecular weight excluding hydrogens is 316 g/mol. The van der Waals surface area contributed by atoms with Gasteiger partial charge in [-0.1, -0.05) is 35.9 Å². The quantitative estimate of drug-likeness (QED) is 0.786. The number of para-hydroxylation sites is 1. The van der Waals surface area contributed by atoms with Crippen LogP contribution in [0.5, 0.6) is 5.75 Å². The Balaban J connectivity index is 1.87. The second kappa shape index (κ2) is 7.59. The molecule has 0 fully saturated rings. The van der Waals surface area contributed by atoms with Crippen molar-refractivity contribution in [3.8, 4) is 5.75 Å². The zero-order chi connectivity index (χ0) is 16.9. The lowest BCUT2D eigenvalue weighted by molar-refractivity contribution is 0.0646. The smallest absolute Gasteiger partial charge is 0.297 e. The van der Waals surface area contributed by atoms with Gasteiger partial charge in [-0.05, 0) is 37.6 Å². The molecule has 0 saturated carbocycles. The van der Waals surface area contributed by atoms with E-state index in [4.69, 9.17) is 8.92 Å². The molecule has 2 aromatic carbocycles. The van der Waals surface area contributed by atoms with E-state index in [0.717, 1.165) is 11.1 Å². The van der Waals surface area contributed by atoms with Gasteiger partial charge in [-0.15, -0.1) is 0 Å². The van der Waals surface area contributed by atoms with Gasteiger partial charge >= 0.3 is 0 Å². The molecule has 0 aliphatic rings. The van der Waals surface area contributed by atoms with Crippen LogP contribution in [0.1, 0.15) is 11.1 Å². The van der Waals surface area contributed by atoms with Gasteiger partial charge in [-0.2, -0.15) is 8.42 Å². The highest BCUT2D eigenvalue weighted by molar-refractivity contribution is 7.86. The zero-order valence-electron chi connectivity index (χ0n) is 13.1. The Bertz CT molecular complexity index is 738. The molecule has 1 N–H and O–H groups in total. The first-order valence-electron chi connectivity index (χ1n) is 7.21. The van der Waals surface area contributed by atoms with E-state index in [1.807, 2.05) is 32.0 Å². The molecule has 0 radical (unpaired) electrons. The second-order valence-corrected chi connectivity index (χ2v) is 6.90. The number of rotatable bonds is 7. The molecule has 5 nitrogen and oxygen atoms in total. The lowest BCUT2D eigenvalue weighted by atomic mass is 10.2. The fourth-order valence-corrected chi connectivity index (χ4v) is 2.84. The van der Waals surface area contributed by atoms with Gasteiger partial charge in [0.05, 0.1) is 11.5 Å². The highest BCUT2D eigenvalue weighted by Crippen LogP contribution is 2.17. The van der Waals surface area contributed by atoms with E-state index in [1.165, 1.54) is 12.1 Å². The van der Waals surface area contributed by atoms with Crippen molar-refractivity contribution in [2.75, 3.05) is 13.2 Å². The largest absolute Gasteiger partial charge is 0.491 e. The predicted octanol–water partition coefficient (Wildman–Crippen LogP) is 2.45. The van der Waals surface area contributed by atoms with Gasteiger partial charge in [0.2, 0.25) is 0 Å². The number of hydrogen-bond donors (Lipinski definition) is 1. The molecule has 0 aliphatic heterocycles. The fourth-order valence-electron chi connectivity index (χ4n) is 1.89. The Hall–Kier alpha value is -1.89. The van der Waals surface area contributed by atoms with Crippen molar-refractivity contribution in [3.63, 3.8) is 0 Å². The molecule has 0 bridgehead atoms. The average Bonchev–Trinajstić information content (AvgIpc) is 2.53. The maximum Gasteiger partial charge on any atom is 0.297 e. The second-order valence-electron chi connectivity index (χ2n) is 5.28. The van der Waals surface area contributed by atoms with Gasteiger partial charge in [0, 0.05) is 0 Å². The van der Waals surface area contributed by atoms with Crippen LogP contribution in [0.4, 0.5) is 0 Å². The maximum absolute atomic E-state index is 12.0. The number of aliphatic hydroxyl groups is 1. The van der Waals surface area contributed by atoms with Crippen molar-refractivity contribution in [2.45, 2.75) is 24.8 Å². The highest BCUT2D eigenvalue weighted by Gasteiger charge is 2.17. The summed E-state index contributed by atoms with van der Waals surface area (Å²) in [6.07, 6.45) is -1.05. The molecular formula is C17H20O5S. The normalized spacial score (nSPS) is 12.8. The molecule has 1 unspecified atom stereocenters. The van der Waals surface area contributed by atoms with E-state index in [0.29, 0.717) is 5.75 Å². The van der Waals surface area contributed by atoms with Crippen LogP contribution in [0.25, 0.3) is 0 Å². The van der Waals surface area contributed by atoms with Gasteiger partial charge in [0.15, 0.2) is 0 Å². The van der Waals surface area contributed by atoms with Crippen molar-refractivity contribution < 1.29 is 22.4 Å². The third-order valence-electron chi connectivity index (χ3n) is 3.25. The summed E-state index contributed by atoms with van der Waals surface area (Å²) in [5.74, 6) is 0.646. The van der Waals surface area contributed by atoms with Gasteiger partial charge in [-0.25, -0.2) is 0 Å². The number of benzene rings is 2. The average molecular weight is 336 g/mol. The van der Waals surface area contributed by atoms with Crippen LogP contribution in [0, 0.1) is 13.8 Å². The van der Waals surface area contributed by atoms with Crippen LogP contribution in [-0.2, 0) is 14.3 Å². The first kappa shape index (κ1) is 17.5. The van der Waals surface area contributed by atoms with Crippen LogP contribution in [0.3, 0.4) is 0 Å². The zero-order valence-corrected chi connectivity index (χ0v) is 13.9. The summed E-state index contributed by atoms with van der Waals surface area (Å²) < 4.78 is 34.3. The Kier molecular flexibility index (Phi) is 5.76. The van der Waals surface area contributed by atoms with Crippen LogP contribution in [0.2, 0.25) is 0 Å². The van der Waals surface area contributed by atoms with Gasteiger partial charge in [-0.3, -0.25) is 4.18 Å². The van der Waals surface area contributed by atoms with Crippen LogP contribution in [0.15, 0.2) is 53.4 Å². The van der Waals surface area contributed by atoms with Crippen molar-refractivity contribution in [1.82, 2.24) is 0 Å². The Morgan fingerprint density at radius 1 is 1.00 bits per heavy atom. The van der Waals surface area contributed by atoms with E-state index in [9.17, 15) is 13.5 Å². The lowest BCUT2D eigenvalue weighted by Crippen LogP contribution is -2.25. The molecule has 2 aromatic rings. The maximum atomic E-state index is 12.0. The van der Waals surface area contributed by atoms with Gasteiger partial charge < -0.3 is 9.84 Å². The Morgan fingerprint density at radius 3 is 2.30 bits per heavy atom. The molecule has 0 spiro atoms. The highest BCUT2D eigenvalue weighted by atomic mass is 32.2. The molecule has 0 aliphatic carbocycles. The number of aliphatic hydroxyl groups excluding tert-OH is 1. The van der Waals surface area contributed by atoms with E-state index in [-0.39, 0.29) is 18.1 Å². The minimum atomic E-state index is -3.88. The fraction of sp³-hybridized carbons (Fsp3) is 0.294. The summed E-state index contributed by atoms with van der Waals surface area (Å²) in [5, 5.41) is 9.84. The number of ether oxygens (including phenoxy) is 1. The van der Waals surface area contributed by atoms with Crippen LogP contribution in [-0.4, -0.2) is 32.8 Å². The third-order valence-corrected chi connectivity index (χ3v) is 4.55. The molecule has 1 atom stereocenters. The van der Waals surface area contributed by atoms with Crippen molar-refractivity contribution in [3.05, 3.63) is 59.7 Å². The number of aryl methyl sites for hydroxylation is 2. The molecule has 0 saturated heterocycles. The molecule has 23 heavy (non-hydrogen) atoms. The SMILES string of the molecule is Cc1ccc(S(=O)(=O)OCC(O)COc2ccccc2C)cc1. The summed E-state index contributed by atoms with van der Waals surface area (Å²) in [4.78, 5) is 0.0649. The topological polar surface area (TPSA) is 72.8 Å². The molecule has 2 rings (SSSR count). The van der Waals surface area contributed by atoms with Crippen LogP contribution >= 0.6 is 0 Å². The van der Waals surface area contributed by atoms with Crippen molar-refractivity contribution in [1.29, 1.82) is 0 Å². The minimum absolute atomic E-state index is 0.0474.